The SMILES string of the molecule is C=C1CC[C@H](OC(=O)[C@H](Cc2c[nH]c3ccccc23)NC(=O)OCc2ccccc2)C/C1=C/C=C1\CCC[C@]2(C)[C@@H]([C@H](C)CCCC(C)C)CC[C@@H]12. The molecule has 0 bridgehead atoms. The first-order chi connectivity index (χ1) is 25.1. The molecular formula is C46H60N2O4. The summed E-state index contributed by atoms with van der Waals surface area (Å²) in [6.45, 7) is 14.3. The van der Waals surface area contributed by atoms with E-state index in [2.05, 4.69) is 56.7 Å². The van der Waals surface area contributed by atoms with Gasteiger partial charge in [-0.15, -0.1) is 0 Å². The summed E-state index contributed by atoms with van der Waals surface area (Å²) in [5, 5.41) is 3.84. The number of para-hydroxylation sites is 1. The Morgan fingerprint density at radius 2 is 1.79 bits per heavy atom. The lowest BCUT2D eigenvalue weighted by molar-refractivity contribution is -0.152. The third kappa shape index (κ3) is 9.11. The minimum absolute atomic E-state index is 0.119. The molecule has 1 heterocycles. The Morgan fingerprint density at radius 1 is 1.00 bits per heavy atom. The molecule has 3 aromatic rings. The van der Waals surface area contributed by atoms with Gasteiger partial charge in [0.2, 0.25) is 0 Å². The fourth-order valence-electron chi connectivity index (χ4n) is 9.61. The van der Waals surface area contributed by atoms with Crippen molar-refractivity contribution < 1.29 is 19.1 Å². The monoisotopic (exact) mass is 704 g/mol. The predicted molar refractivity (Wildman–Crippen MR) is 211 cm³/mol. The number of fused-ring (bicyclic) bond motifs is 2. The molecule has 2 aromatic carbocycles. The fourth-order valence-corrected chi connectivity index (χ4v) is 9.61. The largest absolute Gasteiger partial charge is 0.460 e. The minimum atomic E-state index is -0.898. The third-order valence-electron chi connectivity index (χ3n) is 12.5. The highest BCUT2D eigenvalue weighted by atomic mass is 16.6. The van der Waals surface area contributed by atoms with Gasteiger partial charge in [-0.25, -0.2) is 9.59 Å². The molecule has 52 heavy (non-hydrogen) atoms. The summed E-state index contributed by atoms with van der Waals surface area (Å²) >= 11 is 0. The average molecular weight is 705 g/mol. The molecular weight excluding hydrogens is 645 g/mol. The molecule has 3 aliphatic rings. The van der Waals surface area contributed by atoms with Crippen LogP contribution in [0.4, 0.5) is 4.79 Å². The molecule has 0 spiro atoms. The van der Waals surface area contributed by atoms with Crippen molar-refractivity contribution in [2.45, 2.75) is 123 Å². The average Bonchev–Trinajstić information content (AvgIpc) is 3.71. The number of carbonyl (C=O) groups is 2. The zero-order chi connectivity index (χ0) is 36.7. The van der Waals surface area contributed by atoms with E-state index in [0.717, 1.165) is 51.8 Å². The van der Waals surface area contributed by atoms with Crippen molar-refractivity contribution in [2.24, 2.45) is 29.1 Å². The Balaban J connectivity index is 1.12. The van der Waals surface area contributed by atoms with E-state index in [1.54, 1.807) is 5.57 Å². The second-order valence-corrected chi connectivity index (χ2v) is 16.6. The highest BCUT2D eigenvalue weighted by Gasteiger charge is 2.50. The maximum absolute atomic E-state index is 13.9. The number of aromatic nitrogens is 1. The highest BCUT2D eigenvalue weighted by Crippen LogP contribution is 2.60. The van der Waals surface area contributed by atoms with Gasteiger partial charge in [-0.05, 0) is 96.8 Å². The number of esters is 1. The first-order valence-electron chi connectivity index (χ1n) is 19.9. The van der Waals surface area contributed by atoms with Crippen molar-refractivity contribution >= 4 is 23.0 Å². The molecule has 6 heteroatoms. The van der Waals surface area contributed by atoms with E-state index in [0.29, 0.717) is 24.2 Å². The van der Waals surface area contributed by atoms with Crippen molar-refractivity contribution in [3.8, 4) is 0 Å². The van der Waals surface area contributed by atoms with E-state index < -0.39 is 18.1 Å². The van der Waals surface area contributed by atoms with Crippen molar-refractivity contribution in [1.82, 2.24) is 10.3 Å². The van der Waals surface area contributed by atoms with Crippen LogP contribution in [0.15, 0.2) is 96.2 Å². The number of aromatic amines is 1. The van der Waals surface area contributed by atoms with Crippen LogP contribution in [-0.2, 0) is 27.3 Å². The summed E-state index contributed by atoms with van der Waals surface area (Å²) in [4.78, 5) is 30.1. The van der Waals surface area contributed by atoms with E-state index in [4.69, 9.17) is 9.47 Å². The molecule has 6 atom stereocenters. The number of H-pyrrole nitrogens is 1. The Morgan fingerprint density at radius 3 is 2.60 bits per heavy atom. The normalized spacial score (nSPS) is 26.0. The van der Waals surface area contributed by atoms with Crippen molar-refractivity contribution in [3.05, 3.63) is 107 Å². The van der Waals surface area contributed by atoms with Gasteiger partial charge >= 0.3 is 12.1 Å². The Labute approximate surface area is 311 Å². The van der Waals surface area contributed by atoms with Gasteiger partial charge in [-0.2, -0.15) is 0 Å². The van der Waals surface area contributed by atoms with Gasteiger partial charge in [0, 0.05) is 29.9 Å². The molecule has 6 nitrogen and oxygen atoms in total. The molecule has 3 fully saturated rings. The Bertz CT molecular complexity index is 1750. The fraction of sp³-hybridized carbons (Fsp3) is 0.522. The van der Waals surface area contributed by atoms with Crippen molar-refractivity contribution in [2.75, 3.05) is 0 Å². The van der Waals surface area contributed by atoms with Crippen LogP contribution in [0, 0.1) is 29.1 Å². The molecule has 0 saturated heterocycles. The molecule has 0 aliphatic heterocycles. The maximum atomic E-state index is 13.9. The van der Waals surface area contributed by atoms with E-state index in [9.17, 15) is 9.59 Å². The first-order valence-corrected chi connectivity index (χ1v) is 19.9. The molecule has 6 rings (SSSR count). The van der Waals surface area contributed by atoms with E-state index in [1.165, 1.54) is 56.9 Å². The number of hydrogen-bond acceptors (Lipinski definition) is 4. The van der Waals surface area contributed by atoms with Crippen LogP contribution in [-0.4, -0.2) is 29.2 Å². The molecule has 3 aliphatic carbocycles. The second-order valence-electron chi connectivity index (χ2n) is 16.6. The smallest absolute Gasteiger partial charge is 0.408 e. The highest BCUT2D eigenvalue weighted by molar-refractivity contribution is 5.86. The number of allylic oxidation sites excluding steroid dienone is 4. The number of ether oxygens (including phenoxy) is 2. The summed E-state index contributed by atoms with van der Waals surface area (Å²) < 4.78 is 11.7. The minimum Gasteiger partial charge on any atom is -0.460 e. The molecule has 0 radical (unpaired) electrons. The van der Waals surface area contributed by atoms with Crippen LogP contribution in [0.25, 0.3) is 10.9 Å². The van der Waals surface area contributed by atoms with Gasteiger partial charge in [0.1, 0.15) is 18.8 Å². The van der Waals surface area contributed by atoms with Gasteiger partial charge < -0.3 is 19.8 Å². The van der Waals surface area contributed by atoms with Crippen molar-refractivity contribution in [1.29, 1.82) is 0 Å². The molecule has 2 N–H and O–H groups in total. The number of alkyl carbamates (subject to hydrolysis) is 1. The number of rotatable bonds is 13. The van der Waals surface area contributed by atoms with Crippen molar-refractivity contribution in [3.63, 3.8) is 0 Å². The Hall–Kier alpha value is -4.06. The predicted octanol–water partition coefficient (Wildman–Crippen LogP) is 11.2. The Kier molecular flexibility index (Phi) is 12.5. The number of nitrogens with one attached hydrogen (secondary N) is 2. The van der Waals surface area contributed by atoms with Crippen LogP contribution in [0.1, 0.15) is 109 Å². The number of hydrogen-bond donors (Lipinski definition) is 2. The van der Waals surface area contributed by atoms with Crippen LogP contribution in [0.5, 0.6) is 0 Å². The summed E-state index contributed by atoms with van der Waals surface area (Å²) in [5.41, 5.74) is 7.07. The third-order valence-corrected chi connectivity index (χ3v) is 12.5. The lowest BCUT2D eigenvalue weighted by Crippen LogP contribution is -2.45. The molecule has 1 amide bonds. The van der Waals surface area contributed by atoms with Gasteiger partial charge in [0.05, 0.1) is 0 Å². The standard InChI is InChI=1S/C46H60N2O4/c1-31(2)13-11-14-33(4)40-24-25-41-35(17-12-26-46(40,41)5)21-22-36-27-38(23-20-32(36)3)52-44(49)43(28-37-29-47-42-19-10-9-18-39(37)42)48-45(50)51-30-34-15-7-6-8-16-34/h6-10,15-16,18-19,21-22,29,31,33,38,40-41,43,47H,3,11-14,17,20,23-28,30H2,1-2,4-5H3,(H,48,50)/b35-21+,36-22-/t33-,38+,40-,41+,43+,46-/m1/s1. The lowest BCUT2D eigenvalue weighted by atomic mass is 9.60. The number of carbonyl (C=O) groups excluding carboxylic acids is 2. The van der Waals surface area contributed by atoms with Gasteiger partial charge in [0.25, 0.3) is 0 Å². The topological polar surface area (TPSA) is 80.4 Å². The molecule has 0 unspecified atom stereocenters. The molecule has 278 valence electrons. The molecule has 3 saturated carbocycles. The second kappa shape index (κ2) is 17.2. The summed E-state index contributed by atoms with van der Waals surface area (Å²) in [5.74, 6) is 2.57. The number of benzene rings is 2. The van der Waals surface area contributed by atoms with Crippen LogP contribution < -0.4 is 5.32 Å². The number of amides is 1. The van der Waals surface area contributed by atoms with Crippen LogP contribution >= 0.6 is 0 Å². The van der Waals surface area contributed by atoms with E-state index in [1.807, 2.05) is 60.8 Å². The summed E-state index contributed by atoms with van der Waals surface area (Å²) in [6.07, 6.45) is 18.5. The summed E-state index contributed by atoms with van der Waals surface area (Å²) in [6, 6.07) is 16.6. The van der Waals surface area contributed by atoms with Crippen LogP contribution in [0.3, 0.4) is 0 Å². The van der Waals surface area contributed by atoms with Gasteiger partial charge in [-0.1, -0.05) is 125 Å². The van der Waals surface area contributed by atoms with Gasteiger partial charge in [0.15, 0.2) is 0 Å². The molecule has 1 aromatic heterocycles. The first kappa shape index (κ1) is 37.7. The summed E-state index contributed by atoms with van der Waals surface area (Å²) in [7, 11) is 0. The van der Waals surface area contributed by atoms with E-state index in [-0.39, 0.29) is 19.1 Å². The zero-order valence-electron chi connectivity index (χ0n) is 31.9. The zero-order valence-corrected chi connectivity index (χ0v) is 31.9. The lowest BCUT2D eigenvalue weighted by Gasteiger charge is -2.44. The van der Waals surface area contributed by atoms with Crippen LogP contribution in [0.2, 0.25) is 0 Å². The van der Waals surface area contributed by atoms with Gasteiger partial charge in [-0.3, -0.25) is 0 Å². The van der Waals surface area contributed by atoms with E-state index >= 15 is 0 Å². The maximum Gasteiger partial charge on any atom is 0.408 e. The quantitative estimate of drug-likeness (QED) is 0.174.